The van der Waals surface area contributed by atoms with Crippen molar-refractivity contribution in [2.45, 2.75) is 27.2 Å². The molecule has 2 rings (SSSR count). The average molecular weight is 426 g/mol. The number of hydrogen-bond acceptors (Lipinski definition) is 4. The summed E-state index contributed by atoms with van der Waals surface area (Å²) in [5, 5.41) is 3.64. The average Bonchev–Trinajstić information content (AvgIpc) is 2.59. The molecular formula is C21H25Cl2NO4. The maximum atomic E-state index is 11.6. The van der Waals surface area contributed by atoms with E-state index in [0.717, 1.165) is 6.42 Å². The van der Waals surface area contributed by atoms with Crippen LogP contribution in [0.15, 0.2) is 42.5 Å². The third-order valence-electron chi connectivity index (χ3n) is 3.65. The fourth-order valence-corrected chi connectivity index (χ4v) is 2.55. The summed E-state index contributed by atoms with van der Waals surface area (Å²) in [4.78, 5) is 11.6. The van der Waals surface area contributed by atoms with Crippen molar-refractivity contribution in [3.8, 4) is 17.2 Å². The molecule has 0 unspecified atom stereocenters. The first-order valence-electron chi connectivity index (χ1n) is 8.99. The van der Waals surface area contributed by atoms with Crippen LogP contribution in [0, 0.1) is 5.41 Å². The summed E-state index contributed by atoms with van der Waals surface area (Å²) in [6.07, 6.45) is 0.347. The summed E-state index contributed by atoms with van der Waals surface area (Å²) < 4.78 is 16.4. The number of rotatable bonds is 8. The van der Waals surface area contributed by atoms with Crippen LogP contribution in [0.5, 0.6) is 17.2 Å². The summed E-state index contributed by atoms with van der Waals surface area (Å²) in [6, 6.07) is 12.2. The third kappa shape index (κ3) is 8.28. The van der Waals surface area contributed by atoms with E-state index in [9.17, 15) is 4.79 Å². The maximum absolute atomic E-state index is 11.6. The Morgan fingerprint density at radius 2 is 1.79 bits per heavy atom. The highest BCUT2D eigenvalue weighted by Gasteiger charge is 2.11. The molecule has 5 nitrogen and oxygen atoms in total. The Hall–Kier alpha value is -2.11. The standard InChI is InChI=1S/C21H25Cl2NO4/c1-21(2,3)9-11-27-20(25)24-10-12-26-19-8-7-17(14-18(19)23)28-16-6-4-5-15(22)13-16/h4-8,13-14H,9-12H2,1-3H3,(H,24,25). The molecule has 0 bridgehead atoms. The van der Waals surface area contributed by atoms with E-state index in [1.807, 2.05) is 0 Å². The summed E-state index contributed by atoms with van der Waals surface area (Å²) >= 11 is 12.2. The molecule has 0 saturated carbocycles. The molecule has 0 atom stereocenters. The number of carbonyl (C=O) groups is 1. The molecule has 2 aromatic rings. The Morgan fingerprint density at radius 1 is 1.04 bits per heavy atom. The summed E-state index contributed by atoms with van der Waals surface area (Å²) in [6.45, 7) is 7.25. The molecule has 2 aromatic carbocycles. The van der Waals surface area contributed by atoms with Crippen molar-refractivity contribution in [2.75, 3.05) is 19.8 Å². The van der Waals surface area contributed by atoms with E-state index in [2.05, 4.69) is 26.1 Å². The zero-order valence-corrected chi connectivity index (χ0v) is 17.8. The minimum Gasteiger partial charge on any atom is -0.490 e. The van der Waals surface area contributed by atoms with Crippen LogP contribution in [0.4, 0.5) is 4.79 Å². The summed E-state index contributed by atoms with van der Waals surface area (Å²) in [7, 11) is 0. The molecule has 28 heavy (non-hydrogen) atoms. The molecule has 7 heteroatoms. The van der Waals surface area contributed by atoms with E-state index in [-0.39, 0.29) is 12.0 Å². The number of amides is 1. The lowest BCUT2D eigenvalue weighted by Crippen LogP contribution is -2.29. The maximum Gasteiger partial charge on any atom is 0.407 e. The second-order valence-corrected chi connectivity index (χ2v) is 8.22. The van der Waals surface area contributed by atoms with Crippen molar-refractivity contribution in [3.05, 3.63) is 52.5 Å². The number of carbonyl (C=O) groups excluding carboxylic acids is 1. The molecule has 1 amide bonds. The van der Waals surface area contributed by atoms with Gasteiger partial charge in [-0.25, -0.2) is 4.79 Å². The number of halogens is 2. The fourth-order valence-electron chi connectivity index (χ4n) is 2.14. The van der Waals surface area contributed by atoms with Crippen molar-refractivity contribution in [1.29, 1.82) is 0 Å². The lowest BCUT2D eigenvalue weighted by atomic mass is 9.93. The number of hydrogen-bond donors (Lipinski definition) is 1. The Labute approximate surface area is 175 Å². The van der Waals surface area contributed by atoms with Gasteiger partial charge in [0.2, 0.25) is 0 Å². The van der Waals surface area contributed by atoms with Gasteiger partial charge in [0.15, 0.2) is 0 Å². The van der Waals surface area contributed by atoms with Gasteiger partial charge in [0, 0.05) is 11.1 Å². The molecule has 0 radical (unpaired) electrons. The van der Waals surface area contributed by atoms with E-state index >= 15 is 0 Å². The molecule has 0 heterocycles. The van der Waals surface area contributed by atoms with Crippen molar-refractivity contribution in [1.82, 2.24) is 5.32 Å². The van der Waals surface area contributed by atoms with Crippen LogP contribution in [-0.2, 0) is 4.74 Å². The Morgan fingerprint density at radius 3 is 2.46 bits per heavy atom. The smallest absolute Gasteiger partial charge is 0.407 e. The highest BCUT2D eigenvalue weighted by molar-refractivity contribution is 6.32. The van der Waals surface area contributed by atoms with Crippen molar-refractivity contribution >= 4 is 29.3 Å². The normalized spacial score (nSPS) is 11.0. The molecule has 0 aliphatic heterocycles. The topological polar surface area (TPSA) is 56.8 Å². The molecule has 0 aromatic heterocycles. The molecule has 0 aliphatic carbocycles. The highest BCUT2D eigenvalue weighted by Crippen LogP contribution is 2.31. The van der Waals surface area contributed by atoms with Crippen molar-refractivity contribution in [2.24, 2.45) is 5.41 Å². The number of nitrogens with one attached hydrogen (secondary N) is 1. The largest absolute Gasteiger partial charge is 0.490 e. The number of ether oxygens (including phenoxy) is 3. The zero-order chi connectivity index (χ0) is 20.6. The van der Waals surface area contributed by atoms with E-state index in [1.54, 1.807) is 42.5 Å². The molecule has 1 N–H and O–H groups in total. The first-order chi connectivity index (χ1) is 13.2. The van der Waals surface area contributed by atoms with E-state index in [4.69, 9.17) is 37.4 Å². The SMILES string of the molecule is CC(C)(C)CCOC(=O)NCCOc1ccc(Oc2cccc(Cl)c2)cc1Cl. The number of alkyl carbamates (subject to hydrolysis) is 1. The monoisotopic (exact) mass is 425 g/mol. The second-order valence-electron chi connectivity index (χ2n) is 7.37. The van der Waals surface area contributed by atoms with Gasteiger partial charge in [0.25, 0.3) is 0 Å². The van der Waals surface area contributed by atoms with Crippen LogP contribution < -0.4 is 14.8 Å². The van der Waals surface area contributed by atoms with E-state index in [1.165, 1.54) is 0 Å². The zero-order valence-electron chi connectivity index (χ0n) is 16.3. The Bertz CT molecular complexity index is 790. The van der Waals surface area contributed by atoms with Gasteiger partial charge in [-0.05, 0) is 42.2 Å². The predicted octanol–water partition coefficient (Wildman–Crippen LogP) is 6.33. The predicted molar refractivity (Wildman–Crippen MR) is 112 cm³/mol. The second kappa shape index (κ2) is 10.4. The van der Waals surface area contributed by atoms with Gasteiger partial charge in [-0.2, -0.15) is 0 Å². The molecule has 0 aliphatic rings. The third-order valence-corrected chi connectivity index (χ3v) is 4.18. The van der Waals surface area contributed by atoms with Gasteiger partial charge in [0.05, 0.1) is 18.2 Å². The van der Waals surface area contributed by atoms with Crippen molar-refractivity contribution < 1.29 is 19.0 Å². The molecule has 152 valence electrons. The molecule has 0 spiro atoms. The fraction of sp³-hybridized carbons (Fsp3) is 0.381. The molecule has 0 saturated heterocycles. The van der Waals surface area contributed by atoms with Crippen LogP contribution in [0.25, 0.3) is 0 Å². The first-order valence-corrected chi connectivity index (χ1v) is 9.75. The van der Waals surface area contributed by atoms with Gasteiger partial charge in [-0.3, -0.25) is 0 Å². The van der Waals surface area contributed by atoms with Crippen LogP contribution >= 0.6 is 23.2 Å². The lowest BCUT2D eigenvalue weighted by molar-refractivity contribution is 0.129. The molecular weight excluding hydrogens is 401 g/mol. The van der Waals surface area contributed by atoms with Gasteiger partial charge in [-0.15, -0.1) is 0 Å². The van der Waals surface area contributed by atoms with E-state index in [0.29, 0.717) is 40.4 Å². The quantitative estimate of drug-likeness (QED) is 0.502. The summed E-state index contributed by atoms with van der Waals surface area (Å²) in [5.41, 5.74) is 0.128. The minimum absolute atomic E-state index is 0.128. The minimum atomic E-state index is -0.454. The first kappa shape index (κ1) is 22.2. The van der Waals surface area contributed by atoms with Gasteiger partial charge in [-0.1, -0.05) is 50.0 Å². The number of benzene rings is 2. The van der Waals surface area contributed by atoms with Gasteiger partial charge < -0.3 is 19.5 Å². The van der Waals surface area contributed by atoms with E-state index < -0.39 is 6.09 Å². The van der Waals surface area contributed by atoms with Crippen LogP contribution in [0.2, 0.25) is 10.0 Å². The lowest BCUT2D eigenvalue weighted by Gasteiger charge is -2.17. The van der Waals surface area contributed by atoms with Crippen LogP contribution in [-0.4, -0.2) is 25.9 Å². The summed E-state index contributed by atoms with van der Waals surface area (Å²) in [5.74, 6) is 1.69. The Kier molecular flexibility index (Phi) is 8.27. The van der Waals surface area contributed by atoms with Crippen LogP contribution in [0.3, 0.4) is 0 Å². The van der Waals surface area contributed by atoms with Gasteiger partial charge >= 0.3 is 6.09 Å². The highest BCUT2D eigenvalue weighted by atomic mass is 35.5. The van der Waals surface area contributed by atoms with Crippen LogP contribution in [0.1, 0.15) is 27.2 Å². The Balaban J connectivity index is 1.73. The van der Waals surface area contributed by atoms with Gasteiger partial charge in [0.1, 0.15) is 23.9 Å². The van der Waals surface area contributed by atoms with Crippen molar-refractivity contribution in [3.63, 3.8) is 0 Å². The molecule has 0 fully saturated rings.